The summed E-state index contributed by atoms with van der Waals surface area (Å²) in [5, 5.41) is 3.30. The van der Waals surface area contributed by atoms with Crippen LogP contribution in [0.5, 0.6) is 0 Å². The van der Waals surface area contributed by atoms with E-state index >= 15 is 0 Å². The lowest BCUT2D eigenvalue weighted by atomic mass is 9.67. The van der Waals surface area contributed by atoms with Gasteiger partial charge in [0.25, 0.3) is 0 Å². The topological polar surface area (TPSA) is 75.4 Å². The van der Waals surface area contributed by atoms with Gasteiger partial charge in [0.15, 0.2) is 0 Å². The molecule has 5 heteroatoms. The third kappa shape index (κ3) is 4.44. The van der Waals surface area contributed by atoms with Crippen molar-refractivity contribution < 1.29 is 9.59 Å². The number of piperidine rings is 1. The second kappa shape index (κ2) is 8.70. The van der Waals surface area contributed by atoms with Gasteiger partial charge < -0.3 is 16.0 Å². The molecule has 1 aliphatic carbocycles. The van der Waals surface area contributed by atoms with Crippen molar-refractivity contribution in [2.24, 2.45) is 11.7 Å². The molecule has 0 aromatic heterocycles. The van der Waals surface area contributed by atoms with Crippen LogP contribution in [-0.2, 0) is 23.1 Å². The molecule has 1 heterocycles. The number of hydrogen-bond donors (Lipinski definition) is 2. The summed E-state index contributed by atoms with van der Waals surface area (Å²) in [5.41, 5.74) is 9.83. The fourth-order valence-corrected chi connectivity index (χ4v) is 5.74. The van der Waals surface area contributed by atoms with Crippen molar-refractivity contribution in [1.82, 2.24) is 10.2 Å². The molecular formula is C27H35N3O2. The van der Waals surface area contributed by atoms with Crippen LogP contribution in [0.15, 0.2) is 48.5 Å². The van der Waals surface area contributed by atoms with Gasteiger partial charge in [-0.05, 0) is 72.4 Å². The summed E-state index contributed by atoms with van der Waals surface area (Å²) in [7, 11) is 0. The Hall–Kier alpha value is -2.66. The molecule has 4 rings (SSSR count). The molecule has 3 N–H and O–H groups in total. The molecule has 2 aromatic rings. The zero-order valence-electron chi connectivity index (χ0n) is 19.5. The van der Waals surface area contributed by atoms with E-state index in [1.54, 1.807) is 13.0 Å². The standard InChI is InChI=1S/C27H35N3O2/c1-19-18-30(13-11-26(19,3)24-10-6-9-21(15-24)25(28)32)14-12-27(29-20(2)31)16-22-7-4-5-8-23(22)17-27/h4-10,15,19H,11-14,16-18H2,1-3H3,(H2,28,32)(H,29,31)/t19-,26-/m0/s1. The van der Waals surface area contributed by atoms with Gasteiger partial charge in [0.1, 0.15) is 0 Å². The number of benzene rings is 2. The molecule has 2 amide bonds. The maximum atomic E-state index is 12.0. The number of rotatable bonds is 6. The second-order valence-electron chi connectivity index (χ2n) is 10.1. The third-order valence-corrected chi connectivity index (χ3v) is 7.90. The quantitative estimate of drug-likeness (QED) is 0.733. The highest BCUT2D eigenvalue weighted by atomic mass is 16.1. The van der Waals surface area contributed by atoms with Gasteiger partial charge in [-0.15, -0.1) is 0 Å². The van der Waals surface area contributed by atoms with Crippen molar-refractivity contribution in [2.45, 2.75) is 57.4 Å². The van der Waals surface area contributed by atoms with Gasteiger partial charge in [0.2, 0.25) is 11.8 Å². The largest absolute Gasteiger partial charge is 0.366 e. The molecule has 5 nitrogen and oxygen atoms in total. The average molecular weight is 434 g/mol. The van der Waals surface area contributed by atoms with E-state index in [4.69, 9.17) is 5.73 Å². The lowest BCUT2D eigenvalue weighted by Crippen LogP contribution is -2.53. The summed E-state index contributed by atoms with van der Waals surface area (Å²) in [5.74, 6) is 0.116. The Bertz CT molecular complexity index is 992. The van der Waals surface area contributed by atoms with E-state index in [0.29, 0.717) is 11.5 Å². The number of carbonyl (C=O) groups excluding carboxylic acids is 2. The second-order valence-corrected chi connectivity index (χ2v) is 10.1. The first-order valence-electron chi connectivity index (χ1n) is 11.7. The van der Waals surface area contributed by atoms with E-state index in [2.05, 4.69) is 54.4 Å². The fourth-order valence-electron chi connectivity index (χ4n) is 5.74. The highest BCUT2D eigenvalue weighted by molar-refractivity contribution is 5.93. The normalized spacial score (nSPS) is 24.7. The van der Waals surface area contributed by atoms with Crippen molar-refractivity contribution >= 4 is 11.8 Å². The van der Waals surface area contributed by atoms with E-state index in [0.717, 1.165) is 45.3 Å². The van der Waals surface area contributed by atoms with Crippen LogP contribution in [0.3, 0.4) is 0 Å². The Balaban J connectivity index is 1.43. The Labute approximate surface area is 191 Å². The van der Waals surface area contributed by atoms with Gasteiger partial charge in [0, 0.05) is 31.1 Å². The average Bonchev–Trinajstić information content (AvgIpc) is 3.12. The zero-order valence-corrected chi connectivity index (χ0v) is 19.5. The van der Waals surface area contributed by atoms with Crippen molar-refractivity contribution in [1.29, 1.82) is 0 Å². The maximum absolute atomic E-state index is 12.0. The van der Waals surface area contributed by atoms with E-state index in [-0.39, 0.29) is 22.8 Å². The number of nitrogens with one attached hydrogen (secondary N) is 1. The van der Waals surface area contributed by atoms with Gasteiger partial charge in [-0.25, -0.2) is 0 Å². The summed E-state index contributed by atoms with van der Waals surface area (Å²) in [6.45, 7) is 9.21. The highest BCUT2D eigenvalue weighted by Gasteiger charge is 2.41. The molecule has 0 unspecified atom stereocenters. The van der Waals surface area contributed by atoms with Crippen LogP contribution in [0.25, 0.3) is 0 Å². The first-order valence-corrected chi connectivity index (χ1v) is 11.7. The fraction of sp³-hybridized carbons (Fsp3) is 0.481. The van der Waals surface area contributed by atoms with Crippen molar-refractivity contribution in [3.63, 3.8) is 0 Å². The third-order valence-electron chi connectivity index (χ3n) is 7.90. The molecule has 0 spiro atoms. The van der Waals surface area contributed by atoms with E-state index in [1.807, 2.05) is 12.1 Å². The lowest BCUT2D eigenvalue weighted by Gasteiger charge is -2.46. The predicted molar refractivity (Wildman–Crippen MR) is 128 cm³/mol. The van der Waals surface area contributed by atoms with Crippen LogP contribution in [0.2, 0.25) is 0 Å². The summed E-state index contributed by atoms with van der Waals surface area (Å²) >= 11 is 0. The van der Waals surface area contributed by atoms with Crippen molar-refractivity contribution in [3.05, 3.63) is 70.8 Å². The van der Waals surface area contributed by atoms with E-state index in [9.17, 15) is 9.59 Å². The van der Waals surface area contributed by atoms with Crippen LogP contribution in [-0.4, -0.2) is 41.9 Å². The zero-order chi connectivity index (χ0) is 22.9. The Morgan fingerprint density at radius 1 is 1.12 bits per heavy atom. The minimum atomic E-state index is -0.374. The SMILES string of the molecule is CC(=O)NC1(CCN2CC[C@](C)(c3cccc(C(N)=O)c3)[C@@H](C)C2)Cc2ccccc2C1. The predicted octanol–water partition coefficient (Wildman–Crippen LogP) is 3.45. The molecule has 1 fully saturated rings. The van der Waals surface area contributed by atoms with Crippen LogP contribution >= 0.6 is 0 Å². The van der Waals surface area contributed by atoms with Gasteiger partial charge in [0.05, 0.1) is 0 Å². The first-order chi connectivity index (χ1) is 15.2. The molecule has 0 radical (unpaired) electrons. The van der Waals surface area contributed by atoms with Gasteiger partial charge in [-0.3, -0.25) is 9.59 Å². The van der Waals surface area contributed by atoms with Gasteiger partial charge >= 0.3 is 0 Å². The highest BCUT2D eigenvalue weighted by Crippen LogP contribution is 2.40. The molecule has 32 heavy (non-hydrogen) atoms. The molecule has 1 saturated heterocycles. The molecule has 1 aliphatic heterocycles. The minimum absolute atomic E-state index is 0.0148. The minimum Gasteiger partial charge on any atom is -0.366 e. The number of hydrogen-bond acceptors (Lipinski definition) is 3. The maximum Gasteiger partial charge on any atom is 0.248 e. The summed E-state index contributed by atoms with van der Waals surface area (Å²) < 4.78 is 0. The smallest absolute Gasteiger partial charge is 0.248 e. The number of likely N-dealkylation sites (tertiary alicyclic amines) is 1. The summed E-state index contributed by atoms with van der Waals surface area (Å²) in [6.07, 6.45) is 3.79. The lowest BCUT2D eigenvalue weighted by molar-refractivity contribution is -0.121. The first kappa shape index (κ1) is 22.5. The molecule has 0 bridgehead atoms. The van der Waals surface area contributed by atoms with E-state index < -0.39 is 0 Å². The van der Waals surface area contributed by atoms with Crippen LogP contribution in [0, 0.1) is 5.92 Å². The monoisotopic (exact) mass is 433 g/mol. The Morgan fingerprint density at radius 3 is 2.41 bits per heavy atom. The molecule has 170 valence electrons. The molecule has 2 aliphatic rings. The number of nitrogens with two attached hydrogens (primary N) is 1. The number of nitrogens with zero attached hydrogens (tertiary/aromatic N) is 1. The van der Waals surface area contributed by atoms with Crippen molar-refractivity contribution in [2.75, 3.05) is 19.6 Å². The van der Waals surface area contributed by atoms with E-state index in [1.165, 1.54) is 16.7 Å². The Morgan fingerprint density at radius 2 is 1.81 bits per heavy atom. The van der Waals surface area contributed by atoms with Crippen LogP contribution in [0.4, 0.5) is 0 Å². The Kier molecular flexibility index (Phi) is 6.13. The van der Waals surface area contributed by atoms with Crippen LogP contribution < -0.4 is 11.1 Å². The summed E-state index contributed by atoms with van der Waals surface area (Å²) in [4.78, 5) is 26.2. The molecular weight excluding hydrogens is 398 g/mol. The number of carbonyl (C=O) groups is 2. The molecule has 2 aromatic carbocycles. The van der Waals surface area contributed by atoms with Gasteiger partial charge in [-0.1, -0.05) is 50.2 Å². The molecule has 2 atom stereocenters. The summed E-state index contributed by atoms with van der Waals surface area (Å²) in [6, 6.07) is 16.4. The number of primary amides is 1. The van der Waals surface area contributed by atoms with Crippen molar-refractivity contribution in [3.8, 4) is 0 Å². The van der Waals surface area contributed by atoms with Crippen LogP contribution in [0.1, 0.15) is 60.7 Å². The molecule has 0 saturated carbocycles. The number of amides is 2. The van der Waals surface area contributed by atoms with Gasteiger partial charge in [-0.2, -0.15) is 0 Å². The number of fused-ring (bicyclic) bond motifs is 1.